The van der Waals surface area contributed by atoms with Crippen LogP contribution < -0.4 is 4.74 Å². The first kappa shape index (κ1) is 13.4. The first-order valence-electron chi connectivity index (χ1n) is 5.91. The Morgan fingerprint density at radius 1 is 1.24 bits per heavy atom. The van der Waals surface area contributed by atoms with Gasteiger partial charge in [-0.1, -0.05) is 31.5 Å². The lowest BCUT2D eigenvalue weighted by Crippen LogP contribution is -2.12. The van der Waals surface area contributed by atoms with E-state index in [1.165, 1.54) is 6.92 Å². The zero-order valence-electron chi connectivity index (χ0n) is 10.4. The van der Waals surface area contributed by atoms with Gasteiger partial charge >= 0.3 is 5.97 Å². The summed E-state index contributed by atoms with van der Waals surface area (Å²) >= 11 is 0. The Balaban J connectivity index is 2.69. The van der Waals surface area contributed by atoms with Crippen LogP contribution in [0.2, 0.25) is 0 Å². The normalized spacial score (nSPS) is 10.0. The number of carbonyl (C=O) groups is 2. The molecule has 0 saturated carbocycles. The van der Waals surface area contributed by atoms with Crippen LogP contribution in [0, 0.1) is 0 Å². The second kappa shape index (κ2) is 6.84. The molecule has 1 rings (SSSR count). The van der Waals surface area contributed by atoms with E-state index in [2.05, 4.69) is 6.92 Å². The summed E-state index contributed by atoms with van der Waals surface area (Å²) in [5.41, 5.74) is 1.02. The number of esters is 1. The van der Waals surface area contributed by atoms with Gasteiger partial charge in [-0.2, -0.15) is 0 Å². The largest absolute Gasteiger partial charge is 0.426 e. The molecule has 0 aliphatic carbocycles. The molecule has 0 bridgehead atoms. The van der Waals surface area contributed by atoms with Gasteiger partial charge < -0.3 is 4.74 Å². The second-order valence-corrected chi connectivity index (χ2v) is 4.06. The summed E-state index contributed by atoms with van der Waals surface area (Å²) in [5, 5.41) is 0. The van der Waals surface area contributed by atoms with Crippen molar-refractivity contribution in [1.29, 1.82) is 0 Å². The van der Waals surface area contributed by atoms with Crippen molar-refractivity contribution < 1.29 is 14.3 Å². The average molecular weight is 234 g/mol. The van der Waals surface area contributed by atoms with E-state index in [0.29, 0.717) is 5.75 Å². The van der Waals surface area contributed by atoms with Gasteiger partial charge in [0.15, 0.2) is 0 Å². The molecule has 0 aliphatic rings. The van der Waals surface area contributed by atoms with Gasteiger partial charge in [0, 0.05) is 0 Å². The fraction of sp³-hybridized carbons (Fsp3) is 0.429. The smallest absolute Gasteiger partial charge is 0.318 e. The van der Waals surface area contributed by atoms with Crippen molar-refractivity contribution in [1.82, 2.24) is 0 Å². The molecule has 0 aromatic heterocycles. The first-order valence-corrected chi connectivity index (χ1v) is 5.91. The molecule has 0 radical (unpaired) electrons. The third-order valence-corrected chi connectivity index (χ3v) is 2.39. The van der Waals surface area contributed by atoms with E-state index in [0.717, 1.165) is 24.8 Å². The molecule has 0 saturated heterocycles. The fourth-order valence-electron chi connectivity index (χ4n) is 1.54. The summed E-state index contributed by atoms with van der Waals surface area (Å²) in [4.78, 5) is 22.2. The maximum absolute atomic E-state index is 11.4. The van der Waals surface area contributed by atoms with E-state index in [1.54, 1.807) is 6.07 Å². The van der Waals surface area contributed by atoms with Gasteiger partial charge in [-0.15, -0.1) is 0 Å². The molecule has 0 aliphatic heterocycles. The van der Waals surface area contributed by atoms with Crippen LogP contribution in [0.15, 0.2) is 24.3 Å². The van der Waals surface area contributed by atoms with Gasteiger partial charge in [0.05, 0.1) is 0 Å². The zero-order chi connectivity index (χ0) is 12.7. The molecule has 0 heterocycles. The first-order chi connectivity index (χ1) is 8.13. The molecule has 0 fully saturated rings. The standard InChI is InChI=1S/C14H18O3/c1-3-4-7-12-8-5-6-9-13(12)17-14(16)10-11(2)15/h5-6,8-9H,3-4,7,10H2,1-2H3. The number of hydrogen-bond donors (Lipinski definition) is 0. The van der Waals surface area contributed by atoms with Gasteiger partial charge in [0.25, 0.3) is 0 Å². The number of benzene rings is 1. The molecule has 1 aromatic carbocycles. The predicted octanol–water partition coefficient (Wildman–Crippen LogP) is 2.91. The summed E-state index contributed by atoms with van der Waals surface area (Å²) in [5.74, 6) is -0.0883. The van der Waals surface area contributed by atoms with Crippen molar-refractivity contribution in [3.05, 3.63) is 29.8 Å². The van der Waals surface area contributed by atoms with Crippen molar-refractivity contribution in [2.45, 2.75) is 39.5 Å². The van der Waals surface area contributed by atoms with E-state index >= 15 is 0 Å². The molecule has 0 N–H and O–H groups in total. The summed E-state index contributed by atoms with van der Waals surface area (Å²) in [6, 6.07) is 7.47. The third kappa shape index (κ3) is 4.81. The van der Waals surface area contributed by atoms with Gasteiger partial charge in [0.1, 0.15) is 18.0 Å². The molecular weight excluding hydrogens is 216 g/mol. The Morgan fingerprint density at radius 2 is 1.94 bits per heavy atom. The number of rotatable bonds is 6. The van der Waals surface area contributed by atoms with Crippen molar-refractivity contribution in [2.75, 3.05) is 0 Å². The number of ether oxygens (including phenoxy) is 1. The quantitative estimate of drug-likeness (QED) is 0.432. The summed E-state index contributed by atoms with van der Waals surface area (Å²) < 4.78 is 5.19. The Morgan fingerprint density at radius 3 is 2.59 bits per heavy atom. The topological polar surface area (TPSA) is 43.4 Å². The maximum atomic E-state index is 11.4. The summed E-state index contributed by atoms with van der Waals surface area (Å²) in [6.45, 7) is 3.49. The molecule has 0 atom stereocenters. The Labute approximate surface area is 102 Å². The monoisotopic (exact) mass is 234 g/mol. The van der Waals surface area contributed by atoms with Crippen molar-refractivity contribution in [2.24, 2.45) is 0 Å². The second-order valence-electron chi connectivity index (χ2n) is 4.06. The maximum Gasteiger partial charge on any atom is 0.318 e. The number of aryl methyl sites for hydroxylation is 1. The van der Waals surface area contributed by atoms with Crippen LogP contribution in [-0.4, -0.2) is 11.8 Å². The van der Waals surface area contributed by atoms with Crippen LogP contribution in [0.25, 0.3) is 0 Å². The van der Waals surface area contributed by atoms with Crippen LogP contribution in [0.4, 0.5) is 0 Å². The van der Waals surface area contributed by atoms with Crippen LogP contribution in [-0.2, 0) is 16.0 Å². The lowest BCUT2D eigenvalue weighted by atomic mass is 10.1. The Hall–Kier alpha value is -1.64. The number of para-hydroxylation sites is 1. The average Bonchev–Trinajstić information content (AvgIpc) is 2.26. The zero-order valence-corrected chi connectivity index (χ0v) is 10.4. The molecule has 17 heavy (non-hydrogen) atoms. The van der Waals surface area contributed by atoms with Gasteiger partial charge in [0.2, 0.25) is 0 Å². The Bertz CT molecular complexity index is 396. The van der Waals surface area contributed by atoms with Gasteiger partial charge in [-0.05, 0) is 31.4 Å². The number of hydrogen-bond acceptors (Lipinski definition) is 3. The van der Waals surface area contributed by atoms with Crippen LogP contribution in [0.1, 0.15) is 38.7 Å². The van der Waals surface area contributed by atoms with Crippen LogP contribution in [0.3, 0.4) is 0 Å². The highest BCUT2D eigenvalue weighted by atomic mass is 16.5. The lowest BCUT2D eigenvalue weighted by molar-refractivity contribution is -0.137. The minimum atomic E-state index is -0.485. The molecular formula is C14H18O3. The molecule has 3 nitrogen and oxygen atoms in total. The van der Waals surface area contributed by atoms with Crippen molar-refractivity contribution in [3.8, 4) is 5.75 Å². The minimum absolute atomic E-state index is 0.165. The van der Waals surface area contributed by atoms with E-state index in [-0.39, 0.29) is 12.2 Å². The van der Waals surface area contributed by atoms with Crippen LogP contribution >= 0.6 is 0 Å². The van der Waals surface area contributed by atoms with Crippen molar-refractivity contribution >= 4 is 11.8 Å². The van der Waals surface area contributed by atoms with Crippen molar-refractivity contribution in [3.63, 3.8) is 0 Å². The summed E-state index contributed by atoms with van der Waals surface area (Å²) in [7, 11) is 0. The van der Waals surface area contributed by atoms with E-state index in [1.807, 2.05) is 18.2 Å². The number of unbranched alkanes of at least 4 members (excludes halogenated alkanes) is 1. The highest BCUT2D eigenvalue weighted by Crippen LogP contribution is 2.20. The highest BCUT2D eigenvalue weighted by Gasteiger charge is 2.10. The minimum Gasteiger partial charge on any atom is -0.426 e. The molecule has 3 heteroatoms. The number of carbonyl (C=O) groups excluding carboxylic acids is 2. The SMILES string of the molecule is CCCCc1ccccc1OC(=O)CC(C)=O. The molecule has 92 valence electrons. The Kier molecular flexibility index (Phi) is 5.40. The van der Waals surface area contributed by atoms with E-state index < -0.39 is 5.97 Å². The van der Waals surface area contributed by atoms with E-state index in [4.69, 9.17) is 4.74 Å². The number of ketones is 1. The van der Waals surface area contributed by atoms with E-state index in [9.17, 15) is 9.59 Å². The molecule has 0 amide bonds. The number of Topliss-reactive ketones (excluding diaryl/α,β-unsaturated/α-hetero) is 1. The lowest BCUT2D eigenvalue weighted by Gasteiger charge is -2.08. The molecule has 1 aromatic rings. The fourth-order valence-corrected chi connectivity index (χ4v) is 1.54. The highest BCUT2D eigenvalue weighted by molar-refractivity contribution is 5.95. The predicted molar refractivity (Wildman–Crippen MR) is 66.0 cm³/mol. The summed E-state index contributed by atoms with van der Waals surface area (Å²) in [6.07, 6.45) is 2.87. The molecule has 0 unspecified atom stereocenters. The third-order valence-electron chi connectivity index (χ3n) is 2.39. The molecule has 0 spiro atoms. The van der Waals surface area contributed by atoms with Gasteiger partial charge in [-0.3, -0.25) is 9.59 Å². The van der Waals surface area contributed by atoms with Gasteiger partial charge in [-0.25, -0.2) is 0 Å². The van der Waals surface area contributed by atoms with Crippen LogP contribution in [0.5, 0.6) is 5.75 Å².